The molecule has 32 heavy (non-hydrogen) atoms. The van der Waals surface area contributed by atoms with Gasteiger partial charge in [0.1, 0.15) is 0 Å². The lowest BCUT2D eigenvalue weighted by atomic mass is 9.82. The van der Waals surface area contributed by atoms with Crippen molar-refractivity contribution in [2.24, 2.45) is 0 Å². The fourth-order valence-corrected chi connectivity index (χ4v) is 3.97. The van der Waals surface area contributed by atoms with Crippen LogP contribution in [-0.4, -0.2) is 37.0 Å². The molecule has 0 fully saturated rings. The topological polar surface area (TPSA) is 108 Å². The molecule has 0 unspecified atom stereocenters. The second kappa shape index (κ2) is 7.67. The zero-order valence-electron chi connectivity index (χ0n) is 17.2. The predicted octanol–water partition coefficient (Wildman–Crippen LogP) is 4.34. The Morgan fingerprint density at radius 3 is 2.72 bits per heavy atom. The van der Waals surface area contributed by atoms with Gasteiger partial charge in [0.2, 0.25) is 6.17 Å². The van der Waals surface area contributed by atoms with Gasteiger partial charge >= 0.3 is 5.97 Å². The van der Waals surface area contributed by atoms with Crippen molar-refractivity contribution in [3.63, 3.8) is 0 Å². The summed E-state index contributed by atoms with van der Waals surface area (Å²) in [5.41, 5.74) is 1.12. The summed E-state index contributed by atoms with van der Waals surface area (Å²) in [4.78, 5) is 15.8. The summed E-state index contributed by atoms with van der Waals surface area (Å²) in [5, 5.41) is 25.8. The largest absolute Gasteiger partial charge is 0.479 e. The van der Waals surface area contributed by atoms with Crippen LogP contribution in [0.3, 0.4) is 0 Å². The first-order valence-electron chi connectivity index (χ1n) is 9.71. The van der Waals surface area contributed by atoms with Crippen molar-refractivity contribution in [3.8, 4) is 11.8 Å². The van der Waals surface area contributed by atoms with Gasteiger partial charge in [0.05, 0.1) is 23.3 Å². The minimum Gasteiger partial charge on any atom is -0.479 e. The Kier molecular flexibility index (Phi) is 5.12. The zero-order valence-corrected chi connectivity index (χ0v) is 17.2. The van der Waals surface area contributed by atoms with E-state index < -0.39 is 35.6 Å². The molecule has 0 bridgehead atoms. The van der Waals surface area contributed by atoms with Gasteiger partial charge in [0, 0.05) is 46.7 Å². The summed E-state index contributed by atoms with van der Waals surface area (Å²) in [5.74, 6) is -3.75. The fourth-order valence-electron chi connectivity index (χ4n) is 3.97. The van der Waals surface area contributed by atoms with Gasteiger partial charge in [0.15, 0.2) is 17.3 Å². The van der Waals surface area contributed by atoms with Crippen molar-refractivity contribution < 1.29 is 23.1 Å². The molecule has 0 aliphatic rings. The Labute approximate surface area is 180 Å². The summed E-state index contributed by atoms with van der Waals surface area (Å²) in [6.45, 7) is 3.48. The summed E-state index contributed by atoms with van der Waals surface area (Å²) in [6.07, 6.45) is -1.21. The average Bonchev–Trinajstić information content (AvgIpc) is 3.30. The molecule has 3 heterocycles. The van der Waals surface area contributed by atoms with Crippen molar-refractivity contribution in [2.45, 2.75) is 38.3 Å². The van der Waals surface area contributed by atoms with E-state index >= 15 is 0 Å². The Morgan fingerprint density at radius 2 is 2.06 bits per heavy atom. The molecule has 0 radical (unpaired) electrons. The van der Waals surface area contributed by atoms with Gasteiger partial charge in [-0.1, -0.05) is 13.8 Å². The van der Waals surface area contributed by atoms with E-state index in [1.165, 1.54) is 12.3 Å². The second-order valence-corrected chi connectivity index (χ2v) is 8.15. The highest BCUT2D eigenvalue weighted by atomic mass is 19.2. The van der Waals surface area contributed by atoms with Gasteiger partial charge in [0.25, 0.3) is 0 Å². The van der Waals surface area contributed by atoms with Crippen molar-refractivity contribution in [1.29, 1.82) is 5.26 Å². The molecule has 0 aliphatic carbocycles. The van der Waals surface area contributed by atoms with Crippen LogP contribution < -0.4 is 0 Å². The van der Waals surface area contributed by atoms with E-state index in [4.69, 9.17) is 0 Å². The minimum atomic E-state index is -2.23. The molecule has 0 spiro atoms. The second-order valence-electron chi connectivity index (χ2n) is 8.15. The average molecular weight is 441 g/mol. The lowest BCUT2D eigenvalue weighted by Gasteiger charge is -2.26. The standard InChI is InChI=1S/C22H18F3N5O2/c1-22(2,5-6-26)19-13(9-16(25)21(31)32)18-17(7-11-10-27-29-20(11)28-18)30(19)12-3-4-14(23)15(24)8-12/h3-4,7-8,10,16H,5,9H2,1-2H3,(H,31,32)(H,27,28,29)/t16-/m0/s1. The number of halogens is 3. The van der Waals surface area contributed by atoms with Gasteiger partial charge in [-0.05, 0) is 18.2 Å². The van der Waals surface area contributed by atoms with Crippen LogP contribution in [-0.2, 0) is 16.6 Å². The highest BCUT2D eigenvalue weighted by Crippen LogP contribution is 2.40. The number of nitriles is 1. The summed E-state index contributed by atoms with van der Waals surface area (Å²) >= 11 is 0. The maximum atomic E-state index is 14.4. The van der Waals surface area contributed by atoms with Crippen LogP contribution in [0, 0.1) is 23.0 Å². The third-order valence-electron chi connectivity index (χ3n) is 5.42. The van der Waals surface area contributed by atoms with Crippen LogP contribution >= 0.6 is 0 Å². The van der Waals surface area contributed by atoms with E-state index in [-0.39, 0.29) is 23.2 Å². The van der Waals surface area contributed by atoms with Crippen LogP contribution in [0.25, 0.3) is 27.8 Å². The number of rotatable bonds is 6. The third-order valence-corrected chi connectivity index (χ3v) is 5.42. The highest BCUT2D eigenvalue weighted by Gasteiger charge is 2.34. The summed E-state index contributed by atoms with van der Waals surface area (Å²) < 4.78 is 43.8. The number of aromatic nitrogens is 4. The van der Waals surface area contributed by atoms with Crippen molar-refractivity contribution in [3.05, 3.63) is 53.4 Å². The van der Waals surface area contributed by atoms with E-state index in [2.05, 4.69) is 21.3 Å². The summed E-state index contributed by atoms with van der Waals surface area (Å²) in [7, 11) is 0. The number of pyridine rings is 1. The van der Waals surface area contributed by atoms with Gasteiger partial charge in [-0.25, -0.2) is 22.9 Å². The molecule has 1 atom stereocenters. The number of benzene rings is 1. The number of alkyl halides is 1. The van der Waals surface area contributed by atoms with E-state index in [1.807, 2.05) is 0 Å². The van der Waals surface area contributed by atoms with Crippen LogP contribution in [0.1, 0.15) is 31.5 Å². The first-order chi connectivity index (χ1) is 15.1. The number of H-pyrrole nitrogens is 1. The Balaban J connectivity index is 2.16. The monoisotopic (exact) mass is 441 g/mol. The molecule has 0 amide bonds. The maximum absolute atomic E-state index is 14.4. The molecule has 10 heteroatoms. The van der Waals surface area contributed by atoms with Crippen molar-refractivity contribution in [2.75, 3.05) is 0 Å². The lowest BCUT2D eigenvalue weighted by molar-refractivity contribution is -0.142. The smallest absolute Gasteiger partial charge is 0.338 e. The first kappa shape index (κ1) is 21.4. The SMILES string of the molecule is CC(C)(CC#N)c1c(C[C@H](F)C(=O)O)c2nc3[nH]ncc3cc2n1-c1ccc(F)c(F)c1. The molecule has 2 N–H and O–H groups in total. The van der Waals surface area contributed by atoms with E-state index in [0.29, 0.717) is 22.2 Å². The molecule has 164 valence electrons. The fraction of sp³-hybridized carbons (Fsp3) is 0.273. The minimum absolute atomic E-state index is 0.00342. The Morgan fingerprint density at radius 1 is 1.31 bits per heavy atom. The number of nitrogens with zero attached hydrogens (tertiary/aromatic N) is 4. The zero-order chi connectivity index (χ0) is 23.2. The quantitative estimate of drug-likeness (QED) is 0.463. The number of carboxylic acids is 1. The third kappa shape index (κ3) is 3.45. The van der Waals surface area contributed by atoms with Gasteiger partial charge < -0.3 is 9.67 Å². The summed E-state index contributed by atoms with van der Waals surface area (Å²) in [6, 6.07) is 7.11. The van der Waals surface area contributed by atoms with Crippen molar-refractivity contribution >= 4 is 28.0 Å². The molecule has 0 saturated heterocycles. The Hall–Kier alpha value is -3.87. The number of carbonyl (C=O) groups is 1. The highest BCUT2D eigenvalue weighted by molar-refractivity contribution is 5.94. The lowest BCUT2D eigenvalue weighted by Crippen LogP contribution is -2.25. The molecule has 3 aromatic heterocycles. The number of carboxylic acid groups (broad SMARTS) is 1. The van der Waals surface area contributed by atoms with Gasteiger partial charge in [-0.3, -0.25) is 5.10 Å². The first-order valence-corrected chi connectivity index (χ1v) is 9.71. The number of fused-ring (bicyclic) bond motifs is 2. The van der Waals surface area contributed by atoms with Crippen molar-refractivity contribution in [1.82, 2.24) is 19.7 Å². The number of hydrogen-bond donors (Lipinski definition) is 2. The van der Waals surface area contributed by atoms with Crippen LogP contribution in [0.4, 0.5) is 13.2 Å². The normalized spacial score (nSPS) is 12.9. The molecule has 0 saturated carbocycles. The molecule has 4 aromatic rings. The van der Waals surface area contributed by atoms with Gasteiger partial charge in [-0.15, -0.1) is 0 Å². The van der Waals surface area contributed by atoms with Crippen LogP contribution in [0.2, 0.25) is 0 Å². The number of nitrogens with one attached hydrogen (secondary N) is 1. The van der Waals surface area contributed by atoms with Gasteiger partial charge in [-0.2, -0.15) is 10.4 Å². The number of aliphatic carboxylic acids is 1. The molecular formula is C22H18F3N5O2. The number of hydrogen-bond acceptors (Lipinski definition) is 4. The van der Waals surface area contributed by atoms with Crippen LogP contribution in [0.5, 0.6) is 0 Å². The molecule has 1 aromatic carbocycles. The molecule has 7 nitrogen and oxygen atoms in total. The van der Waals surface area contributed by atoms with E-state index in [1.54, 1.807) is 24.5 Å². The maximum Gasteiger partial charge on any atom is 0.338 e. The molecular weight excluding hydrogens is 423 g/mol. The predicted molar refractivity (Wildman–Crippen MR) is 110 cm³/mol. The van der Waals surface area contributed by atoms with E-state index in [0.717, 1.165) is 12.1 Å². The van der Waals surface area contributed by atoms with Crippen LogP contribution in [0.15, 0.2) is 30.5 Å². The Bertz CT molecular complexity index is 1400. The van der Waals surface area contributed by atoms with E-state index in [9.17, 15) is 28.3 Å². The molecule has 0 aliphatic heterocycles. The molecule has 4 rings (SSSR count). The number of aromatic amines is 1.